The Morgan fingerprint density at radius 3 is 2.33 bits per heavy atom. The molecule has 0 aromatic heterocycles. The van der Waals surface area contributed by atoms with Crippen molar-refractivity contribution in [3.05, 3.63) is 0 Å². The van der Waals surface area contributed by atoms with Crippen molar-refractivity contribution in [3.63, 3.8) is 0 Å². The number of aliphatic hydroxyl groups is 2. The second-order valence-corrected chi connectivity index (χ2v) is 2.70. The summed E-state index contributed by atoms with van der Waals surface area (Å²) < 4.78 is 18.1. The SMILES string of the molecule is O=S(O)CCCC(O)O. The van der Waals surface area contributed by atoms with Crippen LogP contribution in [0.3, 0.4) is 0 Å². The summed E-state index contributed by atoms with van der Waals surface area (Å²) in [5.41, 5.74) is 0. The Labute approximate surface area is 55.8 Å². The van der Waals surface area contributed by atoms with E-state index in [0.29, 0.717) is 6.42 Å². The summed E-state index contributed by atoms with van der Waals surface area (Å²) in [6.07, 6.45) is -0.832. The molecule has 5 heteroatoms. The van der Waals surface area contributed by atoms with E-state index in [1.165, 1.54) is 0 Å². The summed E-state index contributed by atoms with van der Waals surface area (Å²) in [5.74, 6) is 0.109. The number of rotatable bonds is 4. The highest BCUT2D eigenvalue weighted by atomic mass is 32.2. The predicted molar refractivity (Wildman–Crippen MR) is 33.1 cm³/mol. The van der Waals surface area contributed by atoms with Crippen LogP contribution in [0.4, 0.5) is 0 Å². The highest BCUT2D eigenvalue weighted by Gasteiger charge is 1.98. The summed E-state index contributed by atoms with van der Waals surface area (Å²) in [6.45, 7) is 0. The lowest BCUT2D eigenvalue weighted by Gasteiger charge is -1.98. The Morgan fingerprint density at radius 1 is 1.44 bits per heavy atom. The Hall–Kier alpha value is 0.0300. The molecule has 4 nitrogen and oxygen atoms in total. The normalized spacial score (nSPS) is 14.2. The Kier molecular flexibility index (Phi) is 4.88. The highest BCUT2D eigenvalue weighted by molar-refractivity contribution is 7.79. The van der Waals surface area contributed by atoms with E-state index in [2.05, 4.69) is 0 Å². The molecule has 0 saturated heterocycles. The predicted octanol–water partition coefficient (Wildman–Crippen LogP) is -0.701. The highest BCUT2D eigenvalue weighted by Crippen LogP contribution is 1.93. The largest absolute Gasteiger partial charge is 0.368 e. The van der Waals surface area contributed by atoms with Gasteiger partial charge in [-0.25, -0.2) is 4.21 Å². The smallest absolute Gasteiger partial charge is 0.152 e. The minimum Gasteiger partial charge on any atom is -0.368 e. The third kappa shape index (κ3) is 8.03. The van der Waals surface area contributed by atoms with E-state index < -0.39 is 17.4 Å². The van der Waals surface area contributed by atoms with Crippen LogP contribution in [0.15, 0.2) is 0 Å². The first kappa shape index (κ1) is 9.03. The van der Waals surface area contributed by atoms with Crippen LogP contribution in [-0.4, -0.2) is 31.0 Å². The van der Waals surface area contributed by atoms with Gasteiger partial charge in [-0.2, -0.15) is 0 Å². The minimum absolute atomic E-state index is 0.109. The average molecular weight is 154 g/mol. The monoisotopic (exact) mass is 154 g/mol. The third-order valence-electron chi connectivity index (χ3n) is 0.781. The molecule has 0 fully saturated rings. The number of hydrogen-bond donors (Lipinski definition) is 3. The van der Waals surface area contributed by atoms with Crippen LogP contribution in [0.2, 0.25) is 0 Å². The minimum atomic E-state index is -1.80. The number of hydrogen-bond acceptors (Lipinski definition) is 3. The van der Waals surface area contributed by atoms with Gasteiger partial charge in [-0.15, -0.1) is 0 Å². The summed E-state index contributed by atoms with van der Waals surface area (Å²) >= 11 is -1.80. The molecule has 1 atom stereocenters. The second kappa shape index (κ2) is 4.87. The topological polar surface area (TPSA) is 77.8 Å². The molecule has 0 bridgehead atoms. The van der Waals surface area contributed by atoms with Gasteiger partial charge in [0.25, 0.3) is 0 Å². The summed E-state index contributed by atoms with van der Waals surface area (Å²) in [4.78, 5) is 0. The maximum atomic E-state index is 9.93. The molecular formula is C4H10O4S. The van der Waals surface area contributed by atoms with Crippen molar-refractivity contribution in [1.82, 2.24) is 0 Å². The molecule has 0 amide bonds. The van der Waals surface area contributed by atoms with E-state index in [1.54, 1.807) is 0 Å². The second-order valence-electron chi connectivity index (χ2n) is 1.65. The van der Waals surface area contributed by atoms with Crippen molar-refractivity contribution >= 4 is 11.1 Å². The zero-order valence-electron chi connectivity index (χ0n) is 4.86. The first-order chi connectivity index (χ1) is 4.13. The average Bonchev–Trinajstić information content (AvgIpc) is 1.63. The van der Waals surface area contributed by atoms with Crippen LogP contribution < -0.4 is 0 Å². The van der Waals surface area contributed by atoms with Gasteiger partial charge in [0, 0.05) is 5.75 Å². The Morgan fingerprint density at radius 2 is 2.00 bits per heavy atom. The van der Waals surface area contributed by atoms with Gasteiger partial charge in [0.1, 0.15) is 0 Å². The van der Waals surface area contributed by atoms with Crippen LogP contribution >= 0.6 is 0 Å². The molecule has 1 unspecified atom stereocenters. The van der Waals surface area contributed by atoms with E-state index in [4.69, 9.17) is 14.8 Å². The number of aliphatic hydroxyl groups excluding tert-OH is 1. The van der Waals surface area contributed by atoms with Crippen LogP contribution in [0.25, 0.3) is 0 Å². The molecule has 0 spiro atoms. The van der Waals surface area contributed by atoms with E-state index >= 15 is 0 Å². The van der Waals surface area contributed by atoms with Gasteiger partial charge in [-0.3, -0.25) is 0 Å². The van der Waals surface area contributed by atoms with Gasteiger partial charge >= 0.3 is 0 Å². The van der Waals surface area contributed by atoms with Gasteiger partial charge in [-0.05, 0) is 12.8 Å². The first-order valence-electron chi connectivity index (χ1n) is 2.56. The molecule has 0 rings (SSSR count). The standard InChI is InChI=1S/C4H10O4S/c5-4(6)2-1-3-9(7)8/h4-6H,1-3H2,(H,7,8). The Bertz CT molecular complexity index is 92.6. The molecule has 9 heavy (non-hydrogen) atoms. The van der Waals surface area contributed by atoms with Crippen LogP contribution in [0, 0.1) is 0 Å². The van der Waals surface area contributed by atoms with E-state index in [0.717, 1.165) is 0 Å². The van der Waals surface area contributed by atoms with Crippen molar-refractivity contribution < 1.29 is 19.0 Å². The quantitative estimate of drug-likeness (QED) is 0.369. The zero-order chi connectivity index (χ0) is 7.28. The molecule has 0 aromatic rings. The van der Waals surface area contributed by atoms with Crippen molar-refractivity contribution in [2.75, 3.05) is 5.75 Å². The van der Waals surface area contributed by atoms with Gasteiger partial charge in [0.15, 0.2) is 17.4 Å². The van der Waals surface area contributed by atoms with Gasteiger partial charge in [0.2, 0.25) is 0 Å². The molecule has 0 aromatic carbocycles. The summed E-state index contributed by atoms with van der Waals surface area (Å²) in [7, 11) is 0. The lowest BCUT2D eigenvalue weighted by Crippen LogP contribution is -2.06. The Balaban J connectivity index is 3.01. The van der Waals surface area contributed by atoms with Crippen LogP contribution in [0.5, 0.6) is 0 Å². The first-order valence-corrected chi connectivity index (χ1v) is 3.84. The fourth-order valence-corrected chi connectivity index (χ4v) is 0.803. The van der Waals surface area contributed by atoms with Crippen molar-refractivity contribution in [3.8, 4) is 0 Å². The third-order valence-corrected chi connectivity index (χ3v) is 1.42. The van der Waals surface area contributed by atoms with Gasteiger partial charge < -0.3 is 14.8 Å². The molecule has 0 heterocycles. The zero-order valence-corrected chi connectivity index (χ0v) is 5.67. The van der Waals surface area contributed by atoms with Gasteiger partial charge in [0.05, 0.1) is 0 Å². The molecule has 3 N–H and O–H groups in total. The summed E-state index contributed by atoms with van der Waals surface area (Å²) in [6, 6.07) is 0. The van der Waals surface area contributed by atoms with Crippen molar-refractivity contribution in [2.24, 2.45) is 0 Å². The lowest BCUT2D eigenvalue weighted by atomic mass is 10.3. The lowest BCUT2D eigenvalue weighted by molar-refractivity contribution is -0.0452. The van der Waals surface area contributed by atoms with Crippen LogP contribution in [-0.2, 0) is 11.1 Å². The fraction of sp³-hybridized carbons (Fsp3) is 1.00. The summed E-state index contributed by atoms with van der Waals surface area (Å²) in [5, 5.41) is 16.5. The van der Waals surface area contributed by atoms with Crippen LogP contribution in [0.1, 0.15) is 12.8 Å². The molecule has 0 aliphatic heterocycles. The van der Waals surface area contributed by atoms with E-state index in [1.807, 2.05) is 0 Å². The van der Waals surface area contributed by atoms with Crippen molar-refractivity contribution in [2.45, 2.75) is 19.1 Å². The molecular weight excluding hydrogens is 144 g/mol. The molecule has 0 radical (unpaired) electrons. The maximum absolute atomic E-state index is 9.93. The molecule has 0 saturated carbocycles. The molecule has 0 aliphatic carbocycles. The molecule has 56 valence electrons. The van der Waals surface area contributed by atoms with Gasteiger partial charge in [-0.1, -0.05) is 0 Å². The maximum Gasteiger partial charge on any atom is 0.152 e. The van der Waals surface area contributed by atoms with E-state index in [9.17, 15) is 4.21 Å². The molecule has 0 aliphatic rings. The van der Waals surface area contributed by atoms with Crippen molar-refractivity contribution in [1.29, 1.82) is 0 Å². The fourth-order valence-electron chi connectivity index (χ4n) is 0.389. The van der Waals surface area contributed by atoms with E-state index in [-0.39, 0.29) is 12.2 Å².